The van der Waals surface area contributed by atoms with Crippen LogP contribution in [0.25, 0.3) is 11.0 Å². The van der Waals surface area contributed by atoms with Crippen LogP contribution in [0.2, 0.25) is 0 Å². The van der Waals surface area contributed by atoms with Crippen LogP contribution in [0.5, 0.6) is 0 Å². The topological polar surface area (TPSA) is 100 Å². The third-order valence-corrected chi connectivity index (χ3v) is 6.26. The van der Waals surface area contributed by atoms with Gasteiger partial charge in [0.15, 0.2) is 0 Å². The number of β-amino-alcohol motifs (C(OH)–C–C–N with tert-alkyl or cyclic N) is 1. The van der Waals surface area contributed by atoms with Gasteiger partial charge < -0.3 is 15.3 Å². The predicted molar refractivity (Wildman–Crippen MR) is 119 cm³/mol. The molecule has 1 amide bonds. The summed E-state index contributed by atoms with van der Waals surface area (Å²) in [6.07, 6.45) is -1.27. The Hall–Kier alpha value is -3.47. The average molecular weight is 475 g/mol. The number of benzene rings is 1. The summed E-state index contributed by atoms with van der Waals surface area (Å²) < 4.78 is 42.1. The van der Waals surface area contributed by atoms with Crippen molar-refractivity contribution in [1.29, 1.82) is 0 Å². The van der Waals surface area contributed by atoms with Gasteiger partial charge in [0.1, 0.15) is 29.2 Å². The van der Waals surface area contributed by atoms with Crippen LogP contribution in [0.1, 0.15) is 54.2 Å². The molecule has 0 unspecified atom stereocenters. The summed E-state index contributed by atoms with van der Waals surface area (Å²) in [7, 11) is 1.46. The summed E-state index contributed by atoms with van der Waals surface area (Å²) in [5.41, 5.74) is -2.08. The van der Waals surface area contributed by atoms with Crippen molar-refractivity contribution in [3.8, 4) is 0 Å². The molecule has 11 heteroatoms. The molecule has 2 N–H and O–H groups in total. The smallest absolute Gasteiger partial charge is 0.266 e. The van der Waals surface area contributed by atoms with Crippen molar-refractivity contribution >= 4 is 22.8 Å². The van der Waals surface area contributed by atoms with E-state index in [9.17, 15) is 27.9 Å². The van der Waals surface area contributed by atoms with Gasteiger partial charge >= 0.3 is 0 Å². The number of carbonyl (C=O) groups is 1. The van der Waals surface area contributed by atoms with Gasteiger partial charge in [-0.25, -0.2) is 23.1 Å². The SMILES string of the molecule is CCC1(O)CN(C(=O)c2cc3c(N[C@H](C)c4cccc(C(F)F)c4F)ncnc3n(C)c2=O)C1. The first-order valence-corrected chi connectivity index (χ1v) is 10.8. The molecular weight excluding hydrogens is 451 g/mol. The van der Waals surface area contributed by atoms with Gasteiger partial charge in [0.25, 0.3) is 17.9 Å². The highest BCUT2D eigenvalue weighted by atomic mass is 19.3. The van der Waals surface area contributed by atoms with E-state index >= 15 is 0 Å². The summed E-state index contributed by atoms with van der Waals surface area (Å²) in [6, 6.07) is 4.37. The summed E-state index contributed by atoms with van der Waals surface area (Å²) >= 11 is 0. The van der Waals surface area contributed by atoms with Crippen molar-refractivity contribution in [2.75, 3.05) is 18.4 Å². The Kier molecular flexibility index (Phi) is 6.07. The number of alkyl halides is 2. The fraction of sp³-hybridized carbons (Fsp3) is 0.391. The second-order valence-electron chi connectivity index (χ2n) is 8.54. The molecule has 1 atom stereocenters. The molecule has 3 aromatic rings. The summed E-state index contributed by atoms with van der Waals surface area (Å²) in [5, 5.41) is 13.5. The molecule has 0 saturated carbocycles. The number of anilines is 1. The molecule has 1 saturated heterocycles. The van der Waals surface area contributed by atoms with E-state index < -0.39 is 40.9 Å². The molecule has 1 aromatic carbocycles. The van der Waals surface area contributed by atoms with Crippen molar-refractivity contribution in [1.82, 2.24) is 19.4 Å². The van der Waals surface area contributed by atoms with Gasteiger partial charge in [-0.2, -0.15) is 0 Å². The number of carbonyl (C=O) groups excluding carboxylic acids is 1. The maximum Gasteiger partial charge on any atom is 0.266 e. The average Bonchev–Trinajstić information content (AvgIpc) is 2.79. The van der Waals surface area contributed by atoms with Gasteiger partial charge in [0.2, 0.25) is 0 Å². The lowest BCUT2D eigenvalue weighted by Crippen LogP contribution is -2.63. The highest BCUT2D eigenvalue weighted by Crippen LogP contribution is 2.30. The van der Waals surface area contributed by atoms with Crippen LogP contribution in [0.3, 0.4) is 0 Å². The Morgan fingerprint density at radius 1 is 1.26 bits per heavy atom. The van der Waals surface area contributed by atoms with Crippen LogP contribution < -0.4 is 10.9 Å². The van der Waals surface area contributed by atoms with Crippen LogP contribution in [-0.4, -0.2) is 49.1 Å². The number of hydrogen-bond donors (Lipinski definition) is 2. The molecule has 2 aromatic heterocycles. The fourth-order valence-electron chi connectivity index (χ4n) is 4.09. The van der Waals surface area contributed by atoms with Gasteiger partial charge in [0, 0.05) is 12.6 Å². The van der Waals surface area contributed by atoms with Crippen LogP contribution in [0, 0.1) is 5.82 Å². The largest absolute Gasteiger partial charge is 0.386 e. The molecule has 0 aliphatic carbocycles. The first-order valence-electron chi connectivity index (χ1n) is 10.8. The van der Waals surface area contributed by atoms with Crippen molar-refractivity contribution in [3.63, 3.8) is 0 Å². The van der Waals surface area contributed by atoms with Crippen LogP contribution in [-0.2, 0) is 7.05 Å². The summed E-state index contributed by atoms with van der Waals surface area (Å²) in [5.74, 6) is -1.34. The number of halogens is 3. The number of amides is 1. The summed E-state index contributed by atoms with van der Waals surface area (Å²) in [4.78, 5) is 35.5. The first-order chi connectivity index (χ1) is 16.1. The minimum Gasteiger partial charge on any atom is -0.386 e. The number of aromatic nitrogens is 3. The highest BCUT2D eigenvalue weighted by molar-refractivity contribution is 5.99. The van der Waals surface area contributed by atoms with Crippen LogP contribution in [0.4, 0.5) is 19.0 Å². The maximum absolute atomic E-state index is 14.6. The van der Waals surface area contributed by atoms with Crippen molar-refractivity contribution in [2.45, 2.75) is 38.3 Å². The van der Waals surface area contributed by atoms with Gasteiger partial charge in [-0.3, -0.25) is 14.2 Å². The Labute approximate surface area is 193 Å². The maximum atomic E-state index is 14.6. The monoisotopic (exact) mass is 475 g/mol. The lowest BCUT2D eigenvalue weighted by Gasteiger charge is -2.46. The van der Waals surface area contributed by atoms with E-state index in [0.29, 0.717) is 11.8 Å². The lowest BCUT2D eigenvalue weighted by atomic mass is 9.90. The molecule has 34 heavy (non-hydrogen) atoms. The Morgan fingerprint density at radius 2 is 1.94 bits per heavy atom. The van der Waals surface area contributed by atoms with E-state index in [0.717, 1.165) is 6.07 Å². The van der Waals surface area contributed by atoms with E-state index in [4.69, 9.17) is 0 Å². The zero-order chi connectivity index (χ0) is 24.8. The number of likely N-dealkylation sites (tertiary alicyclic amines) is 1. The lowest BCUT2D eigenvalue weighted by molar-refractivity contribution is -0.0827. The Bertz CT molecular complexity index is 1320. The minimum absolute atomic E-state index is 0.0186. The quantitative estimate of drug-likeness (QED) is 0.568. The number of fused-ring (bicyclic) bond motifs is 1. The molecule has 0 spiro atoms. The van der Waals surface area contributed by atoms with Crippen molar-refractivity contribution in [2.24, 2.45) is 7.05 Å². The number of rotatable bonds is 6. The molecule has 1 aliphatic rings. The predicted octanol–water partition coefficient (Wildman–Crippen LogP) is 3.18. The van der Waals surface area contributed by atoms with Crippen LogP contribution >= 0.6 is 0 Å². The molecule has 1 fully saturated rings. The molecule has 3 heterocycles. The Morgan fingerprint density at radius 3 is 2.59 bits per heavy atom. The van der Waals surface area contributed by atoms with Gasteiger partial charge in [0.05, 0.1) is 35.7 Å². The molecule has 0 radical (unpaired) electrons. The number of pyridine rings is 1. The molecule has 4 rings (SSSR count). The van der Waals surface area contributed by atoms with Gasteiger partial charge in [-0.1, -0.05) is 25.1 Å². The minimum atomic E-state index is -2.96. The zero-order valence-corrected chi connectivity index (χ0v) is 18.8. The second-order valence-corrected chi connectivity index (χ2v) is 8.54. The zero-order valence-electron chi connectivity index (χ0n) is 18.8. The normalized spacial score (nSPS) is 15.9. The number of nitrogens with one attached hydrogen (secondary N) is 1. The number of hydrogen-bond acceptors (Lipinski definition) is 6. The van der Waals surface area contributed by atoms with E-state index in [1.807, 2.05) is 6.92 Å². The van der Waals surface area contributed by atoms with E-state index in [1.54, 1.807) is 6.92 Å². The van der Waals surface area contributed by atoms with Crippen molar-refractivity contribution < 1.29 is 23.1 Å². The number of aryl methyl sites for hydroxylation is 1. The summed E-state index contributed by atoms with van der Waals surface area (Å²) in [6.45, 7) is 3.64. The highest BCUT2D eigenvalue weighted by Gasteiger charge is 2.43. The number of aliphatic hydroxyl groups is 1. The van der Waals surface area contributed by atoms with Crippen molar-refractivity contribution in [3.05, 3.63) is 63.5 Å². The number of nitrogens with zero attached hydrogens (tertiary/aromatic N) is 4. The molecule has 8 nitrogen and oxygen atoms in total. The van der Waals surface area contributed by atoms with Gasteiger partial charge in [-0.05, 0) is 19.4 Å². The Balaban J connectivity index is 1.72. The first kappa shape index (κ1) is 23.7. The fourth-order valence-corrected chi connectivity index (χ4v) is 4.09. The standard InChI is InChI=1S/C23H24F3N5O3/c1-4-23(34)9-31(10-23)22(33)16-8-15-19(27-11-28-20(15)30(3)21(16)32)29-12(2)13-6-5-7-14(17(13)24)18(25)26/h5-8,11-12,18,34H,4,9-10H2,1-3H3,(H,27,28,29)/t12-/m1/s1. The second kappa shape index (κ2) is 8.71. The van der Waals surface area contributed by atoms with E-state index in [1.165, 1.54) is 41.0 Å². The van der Waals surface area contributed by atoms with Gasteiger partial charge in [-0.15, -0.1) is 0 Å². The van der Waals surface area contributed by atoms with Crippen LogP contribution in [0.15, 0.2) is 35.4 Å². The molecule has 180 valence electrons. The molecule has 0 bridgehead atoms. The van der Waals surface area contributed by atoms with E-state index in [-0.39, 0.29) is 35.7 Å². The third-order valence-electron chi connectivity index (χ3n) is 6.26. The molecular formula is C23H24F3N5O3. The molecule has 1 aliphatic heterocycles. The van der Waals surface area contributed by atoms with E-state index in [2.05, 4.69) is 15.3 Å². The third kappa shape index (κ3) is 4.00.